The van der Waals surface area contributed by atoms with Gasteiger partial charge in [0.15, 0.2) is 5.65 Å². The van der Waals surface area contributed by atoms with E-state index in [9.17, 15) is 26.7 Å². The molecule has 172 valence electrons. The zero-order valence-corrected chi connectivity index (χ0v) is 17.3. The molecule has 0 aliphatic heterocycles. The molecular weight excluding hydrogens is 451 g/mol. The average Bonchev–Trinajstić information content (AvgIpc) is 3.29. The van der Waals surface area contributed by atoms with Gasteiger partial charge in [0.25, 0.3) is 0 Å². The van der Waals surface area contributed by atoms with Crippen molar-refractivity contribution in [3.8, 4) is 11.3 Å². The fourth-order valence-electron chi connectivity index (χ4n) is 3.79. The van der Waals surface area contributed by atoms with E-state index in [4.69, 9.17) is 5.14 Å². The summed E-state index contributed by atoms with van der Waals surface area (Å²) in [6.07, 6.45) is -2.97. The third-order valence-corrected chi connectivity index (χ3v) is 5.76. The maximum Gasteiger partial charge on any atom is 0.416 e. The number of anilines is 1. The molecule has 4 N–H and O–H groups in total. The molecule has 1 aliphatic rings. The number of halogens is 3. The minimum atomic E-state index is -4.47. The summed E-state index contributed by atoms with van der Waals surface area (Å²) in [5, 5.41) is 22.7. The van der Waals surface area contributed by atoms with Crippen LogP contribution in [0.15, 0.2) is 42.6 Å². The maximum absolute atomic E-state index is 13.0. The van der Waals surface area contributed by atoms with E-state index in [1.165, 1.54) is 22.8 Å². The summed E-state index contributed by atoms with van der Waals surface area (Å²) in [7, 11) is -4.10. The van der Waals surface area contributed by atoms with Crippen molar-refractivity contribution in [2.24, 2.45) is 11.1 Å². The Labute approximate surface area is 181 Å². The summed E-state index contributed by atoms with van der Waals surface area (Å²) in [5.41, 5.74) is 0.276. The van der Waals surface area contributed by atoms with Gasteiger partial charge >= 0.3 is 16.5 Å². The van der Waals surface area contributed by atoms with E-state index >= 15 is 0 Å². The van der Waals surface area contributed by atoms with E-state index in [1.807, 2.05) is 0 Å². The number of nitrogens with two attached hydrogens (primary N) is 1. The highest BCUT2D eigenvalue weighted by atomic mass is 32.2. The molecule has 1 saturated carbocycles. The van der Waals surface area contributed by atoms with Crippen molar-refractivity contribution in [3.05, 3.63) is 48.2 Å². The van der Waals surface area contributed by atoms with Crippen LogP contribution in [0.2, 0.25) is 0 Å². The zero-order valence-electron chi connectivity index (χ0n) is 16.5. The number of hydrogen-bond acceptors (Lipinski definition) is 7. The molecule has 13 heteroatoms. The first-order valence-electron chi connectivity index (χ1n) is 9.64. The van der Waals surface area contributed by atoms with Gasteiger partial charge in [0.1, 0.15) is 5.82 Å². The lowest BCUT2D eigenvalue weighted by Gasteiger charge is -2.15. The molecule has 2 heterocycles. The van der Waals surface area contributed by atoms with Crippen LogP contribution in [0.25, 0.3) is 16.9 Å². The van der Waals surface area contributed by atoms with E-state index in [0.717, 1.165) is 12.1 Å². The molecule has 3 aromatic rings. The lowest BCUT2D eigenvalue weighted by atomic mass is 10.1. The third-order valence-electron chi connectivity index (χ3n) is 5.30. The molecule has 2 aromatic heterocycles. The molecule has 0 amide bonds. The number of benzene rings is 1. The van der Waals surface area contributed by atoms with E-state index in [2.05, 4.69) is 19.6 Å². The molecule has 1 aliphatic carbocycles. The first-order valence-corrected chi connectivity index (χ1v) is 11.1. The number of aliphatic hydroxyl groups excluding tert-OH is 1. The second-order valence-corrected chi connectivity index (χ2v) is 8.85. The van der Waals surface area contributed by atoms with Crippen molar-refractivity contribution in [1.82, 2.24) is 14.6 Å². The molecule has 0 radical (unpaired) electrons. The number of nitrogens with zero attached hydrogens (tertiary/aromatic N) is 3. The molecule has 0 bridgehead atoms. The molecular formula is C19H20F3N5O4S. The lowest BCUT2D eigenvalue weighted by Crippen LogP contribution is -2.24. The average molecular weight is 471 g/mol. The van der Waals surface area contributed by atoms with Gasteiger partial charge in [-0.3, -0.25) is 4.18 Å². The van der Waals surface area contributed by atoms with Crippen molar-refractivity contribution in [1.29, 1.82) is 0 Å². The number of fused-ring (bicyclic) bond motifs is 1. The topological polar surface area (TPSA) is 132 Å². The summed E-state index contributed by atoms with van der Waals surface area (Å²) in [4.78, 5) is 4.21. The van der Waals surface area contributed by atoms with Crippen LogP contribution in [0, 0.1) is 5.92 Å². The maximum atomic E-state index is 13.0. The Hall–Kier alpha value is -2.74. The van der Waals surface area contributed by atoms with Crippen molar-refractivity contribution in [2.45, 2.75) is 31.2 Å². The minimum absolute atomic E-state index is 0.217. The van der Waals surface area contributed by atoms with Gasteiger partial charge in [-0.05, 0) is 31.0 Å². The largest absolute Gasteiger partial charge is 0.416 e. The Morgan fingerprint density at radius 3 is 2.75 bits per heavy atom. The van der Waals surface area contributed by atoms with Crippen LogP contribution in [0.1, 0.15) is 18.4 Å². The van der Waals surface area contributed by atoms with Crippen LogP contribution >= 0.6 is 0 Å². The van der Waals surface area contributed by atoms with Gasteiger partial charge in [-0.15, -0.1) is 0 Å². The minimum Gasteiger partial charge on any atom is -0.393 e. The molecule has 1 fully saturated rings. The van der Waals surface area contributed by atoms with Crippen LogP contribution in [-0.4, -0.2) is 46.9 Å². The Bertz CT molecular complexity index is 1230. The number of hydrogen-bond donors (Lipinski definition) is 3. The van der Waals surface area contributed by atoms with Crippen molar-refractivity contribution in [3.63, 3.8) is 0 Å². The van der Waals surface area contributed by atoms with Gasteiger partial charge in [-0.25, -0.2) is 10.1 Å². The Morgan fingerprint density at radius 2 is 2.03 bits per heavy atom. The van der Waals surface area contributed by atoms with Crippen molar-refractivity contribution < 1.29 is 30.9 Å². The first-order chi connectivity index (χ1) is 15.0. The highest BCUT2D eigenvalue weighted by Crippen LogP contribution is 2.33. The molecule has 32 heavy (non-hydrogen) atoms. The number of aromatic nitrogens is 3. The molecule has 1 aromatic carbocycles. The molecule has 4 rings (SSSR count). The van der Waals surface area contributed by atoms with Gasteiger partial charge in [0, 0.05) is 29.8 Å². The summed E-state index contributed by atoms with van der Waals surface area (Å²) >= 11 is 0. The first kappa shape index (κ1) is 22.5. The van der Waals surface area contributed by atoms with Gasteiger partial charge in [-0.2, -0.15) is 31.2 Å². The monoisotopic (exact) mass is 471 g/mol. The van der Waals surface area contributed by atoms with Gasteiger partial charge in [0.2, 0.25) is 0 Å². The summed E-state index contributed by atoms with van der Waals surface area (Å²) in [6.45, 7) is -0.231. The SMILES string of the molecule is NS(=O)(=O)OC[C@H]1C[C@@H](Nc2ccnc3cc(-c4cccc(C(F)(F)F)c4)nn23)C[C@@H]1O. The van der Waals surface area contributed by atoms with Crippen LogP contribution < -0.4 is 10.5 Å². The van der Waals surface area contributed by atoms with Crippen molar-refractivity contribution >= 4 is 21.8 Å². The Kier molecular flexibility index (Phi) is 5.83. The Morgan fingerprint density at radius 1 is 1.25 bits per heavy atom. The highest BCUT2D eigenvalue weighted by Gasteiger charge is 2.34. The molecule has 9 nitrogen and oxygen atoms in total. The highest BCUT2D eigenvalue weighted by molar-refractivity contribution is 7.84. The lowest BCUT2D eigenvalue weighted by molar-refractivity contribution is -0.137. The molecule has 0 saturated heterocycles. The molecule has 0 unspecified atom stereocenters. The molecule has 0 spiro atoms. The predicted octanol–water partition coefficient (Wildman–Crippen LogP) is 2.19. The second kappa shape index (κ2) is 8.31. The van der Waals surface area contributed by atoms with Gasteiger partial charge < -0.3 is 10.4 Å². The van der Waals surface area contributed by atoms with Crippen LogP contribution in [0.3, 0.4) is 0 Å². The number of rotatable bonds is 6. The fraction of sp³-hybridized carbons (Fsp3) is 0.368. The number of nitrogens with one attached hydrogen (secondary N) is 1. The quantitative estimate of drug-likeness (QED) is 0.502. The van der Waals surface area contributed by atoms with Gasteiger partial charge in [-0.1, -0.05) is 12.1 Å². The van der Waals surface area contributed by atoms with E-state index in [1.54, 1.807) is 12.1 Å². The van der Waals surface area contributed by atoms with Crippen LogP contribution in [0.5, 0.6) is 0 Å². The molecule has 3 atom stereocenters. The summed E-state index contributed by atoms with van der Waals surface area (Å²) < 4.78 is 67.2. The Balaban J connectivity index is 1.55. The standard InChI is InChI=1S/C19H20F3N5O4S/c20-19(21,22)13-3-1-2-11(6-13)15-9-18-24-5-4-17(27(18)26-15)25-14-7-12(16(28)8-14)10-31-32(23,29)30/h1-6,9,12,14,16,25,28H,7-8,10H2,(H2,23,29,30)/t12-,14-,16+/m1/s1. The van der Waals surface area contributed by atoms with E-state index < -0.39 is 34.1 Å². The van der Waals surface area contributed by atoms with Crippen LogP contribution in [0.4, 0.5) is 19.0 Å². The number of aliphatic hydroxyl groups is 1. The van der Waals surface area contributed by atoms with Gasteiger partial charge in [0.05, 0.1) is 24.0 Å². The summed E-state index contributed by atoms with van der Waals surface area (Å²) in [6, 6.07) is 7.88. The third kappa shape index (κ3) is 5.01. The smallest absolute Gasteiger partial charge is 0.393 e. The predicted molar refractivity (Wildman–Crippen MR) is 109 cm³/mol. The second-order valence-electron chi connectivity index (χ2n) is 7.63. The summed E-state index contributed by atoms with van der Waals surface area (Å²) in [5.74, 6) is 0.0971. The fourth-order valence-corrected chi connectivity index (χ4v) is 4.16. The zero-order chi connectivity index (χ0) is 23.1. The van der Waals surface area contributed by atoms with Crippen molar-refractivity contribution in [2.75, 3.05) is 11.9 Å². The normalized spacial score (nSPS) is 21.8. The van der Waals surface area contributed by atoms with E-state index in [-0.39, 0.29) is 12.6 Å². The number of alkyl halides is 3. The van der Waals surface area contributed by atoms with E-state index in [0.29, 0.717) is 35.6 Å². The van der Waals surface area contributed by atoms with Crippen LogP contribution in [-0.2, 0) is 20.7 Å².